The van der Waals surface area contributed by atoms with Crippen molar-refractivity contribution in [2.45, 2.75) is 12.8 Å². The molecule has 0 radical (unpaired) electrons. The molecule has 9 heteroatoms. The van der Waals surface area contributed by atoms with Crippen LogP contribution in [0.5, 0.6) is 0 Å². The van der Waals surface area contributed by atoms with E-state index in [-0.39, 0.29) is 17.9 Å². The van der Waals surface area contributed by atoms with Gasteiger partial charge in [-0.3, -0.25) is 4.79 Å². The lowest BCUT2D eigenvalue weighted by Crippen LogP contribution is -2.36. The summed E-state index contributed by atoms with van der Waals surface area (Å²) in [4.78, 5) is 20.3. The molecule has 3 rings (SSSR count). The van der Waals surface area contributed by atoms with Crippen LogP contribution in [0.15, 0.2) is 42.7 Å². The van der Waals surface area contributed by atoms with Crippen molar-refractivity contribution >= 4 is 27.6 Å². The maximum Gasteiger partial charge on any atom is 0.254 e. The van der Waals surface area contributed by atoms with E-state index in [1.54, 1.807) is 0 Å². The number of amides is 1. The fourth-order valence-corrected chi connectivity index (χ4v) is 4.08. The Morgan fingerprint density at radius 2 is 1.73 bits per heavy atom. The quantitative estimate of drug-likeness (QED) is 0.758. The third kappa shape index (κ3) is 4.77. The number of para-hydroxylation sites is 1. The fraction of sp³-hybridized carbons (Fsp3) is 0.353. The third-order valence-corrected chi connectivity index (χ3v) is 5.92. The molecule has 0 spiro atoms. The van der Waals surface area contributed by atoms with Crippen molar-refractivity contribution in [2.24, 2.45) is 0 Å². The molecule has 1 aliphatic heterocycles. The molecular formula is C17H21N5O3S. The second kappa shape index (κ2) is 8.24. The first kappa shape index (κ1) is 18.3. The zero-order valence-corrected chi connectivity index (χ0v) is 15.1. The molecule has 26 heavy (non-hydrogen) atoms. The van der Waals surface area contributed by atoms with E-state index >= 15 is 0 Å². The number of sulfonamides is 1. The number of anilines is 2. The van der Waals surface area contributed by atoms with Crippen molar-refractivity contribution in [2.75, 3.05) is 30.7 Å². The SMILES string of the molecule is O=C(NCCS(=O)(=O)N1CCCC1)c1cnc(Nc2ccccc2)nc1. The first-order valence-electron chi connectivity index (χ1n) is 8.45. The summed E-state index contributed by atoms with van der Waals surface area (Å²) in [6, 6.07) is 9.44. The number of benzene rings is 1. The molecule has 1 amide bonds. The molecule has 1 aromatic heterocycles. The topological polar surface area (TPSA) is 104 Å². The summed E-state index contributed by atoms with van der Waals surface area (Å²) in [5.74, 6) is -0.120. The zero-order valence-electron chi connectivity index (χ0n) is 14.3. The van der Waals surface area contributed by atoms with Gasteiger partial charge in [0.05, 0.1) is 11.3 Å². The molecule has 2 N–H and O–H groups in total. The molecule has 2 heterocycles. The van der Waals surface area contributed by atoms with Gasteiger partial charge >= 0.3 is 0 Å². The third-order valence-electron chi connectivity index (χ3n) is 4.05. The van der Waals surface area contributed by atoms with Gasteiger partial charge in [-0.05, 0) is 25.0 Å². The van der Waals surface area contributed by atoms with E-state index in [1.807, 2.05) is 30.3 Å². The van der Waals surface area contributed by atoms with E-state index in [0.29, 0.717) is 19.0 Å². The van der Waals surface area contributed by atoms with Crippen LogP contribution >= 0.6 is 0 Å². The molecule has 1 aromatic carbocycles. The summed E-state index contributed by atoms with van der Waals surface area (Å²) in [5, 5.41) is 5.63. The lowest BCUT2D eigenvalue weighted by molar-refractivity contribution is 0.0955. The van der Waals surface area contributed by atoms with Crippen LogP contribution < -0.4 is 10.6 Å². The number of nitrogens with one attached hydrogen (secondary N) is 2. The van der Waals surface area contributed by atoms with Crippen LogP contribution in [-0.4, -0.2) is 54.0 Å². The minimum absolute atomic E-state index is 0.0572. The Morgan fingerprint density at radius 1 is 1.08 bits per heavy atom. The van der Waals surface area contributed by atoms with Crippen LogP contribution in [0.25, 0.3) is 0 Å². The highest BCUT2D eigenvalue weighted by molar-refractivity contribution is 7.89. The number of aromatic nitrogens is 2. The maximum atomic E-state index is 12.1. The van der Waals surface area contributed by atoms with Gasteiger partial charge in [-0.2, -0.15) is 0 Å². The zero-order chi connectivity index (χ0) is 18.4. The molecule has 8 nitrogen and oxygen atoms in total. The predicted octanol–water partition coefficient (Wildman–Crippen LogP) is 1.38. The van der Waals surface area contributed by atoms with Crippen molar-refractivity contribution in [1.29, 1.82) is 0 Å². The van der Waals surface area contributed by atoms with Crippen LogP contribution in [0.1, 0.15) is 23.2 Å². The van der Waals surface area contributed by atoms with E-state index in [4.69, 9.17) is 0 Å². The summed E-state index contributed by atoms with van der Waals surface area (Å²) in [6.07, 6.45) is 4.60. The van der Waals surface area contributed by atoms with Crippen LogP contribution in [0.2, 0.25) is 0 Å². The molecule has 0 bridgehead atoms. The van der Waals surface area contributed by atoms with Crippen molar-refractivity contribution < 1.29 is 13.2 Å². The molecule has 138 valence electrons. The van der Waals surface area contributed by atoms with Crippen molar-refractivity contribution in [3.05, 3.63) is 48.3 Å². The predicted molar refractivity (Wildman–Crippen MR) is 98.7 cm³/mol. The summed E-state index contributed by atoms with van der Waals surface area (Å²) >= 11 is 0. The number of nitrogens with zero attached hydrogens (tertiary/aromatic N) is 3. The summed E-state index contributed by atoms with van der Waals surface area (Å²) in [6.45, 7) is 1.20. The highest BCUT2D eigenvalue weighted by atomic mass is 32.2. The molecule has 1 aliphatic rings. The first-order valence-corrected chi connectivity index (χ1v) is 10.1. The summed E-state index contributed by atoms with van der Waals surface area (Å²) < 4.78 is 25.7. The molecule has 0 atom stereocenters. The normalized spacial score (nSPS) is 14.9. The molecule has 1 fully saturated rings. The van der Waals surface area contributed by atoms with Gasteiger partial charge in [0.15, 0.2) is 0 Å². The van der Waals surface area contributed by atoms with Gasteiger partial charge in [0.1, 0.15) is 0 Å². The van der Waals surface area contributed by atoms with Gasteiger partial charge in [0.25, 0.3) is 5.91 Å². The number of rotatable bonds is 7. The van der Waals surface area contributed by atoms with Crippen LogP contribution in [0.3, 0.4) is 0 Å². The minimum Gasteiger partial charge on any atom is -0.351 e. The Hall–Kier alpha value is -2.52. The van der Waals surface area contributed by atoms with E-state index in [1.165, 1.54) is 16.7 Å². The Labute approximate surface area is 152 Å². The van der Waals surface area contributed by atoms with E-state index in [0.717, 1.165) is 18.5 Å². The molecule has 0 aliphatic carbocycles. The van der Waals surface area contributed by atoms with Gasteiger partial charge in [0.2, 0.25) is 16.0 Å². The fourth-order valence-electron chi connectivity index (χ4n) is 2.65. The average Bonchev–Trinajstić information content (AvgIpc) is 3.19. The average molecular weight is 375 g/mol. The van der Waals surface area contributed by atoms with Gasteiger partial charge in [0, 0.05) is 37.7 Å². The monoisotopic (exact) mass is 375 g/mol. The van der Waals surface area contributed by atoms with E-state index < -0.39 is 15.9 Å². The van der Waals surface area contributed by atoms with E-state index in [9.17, 15) is 13.2 Å². The smallest absolute Gasteiger partial charge is 0.254 e. The van der Waals surface area contributed by atoms with Gasteiger partial charge in [-0.1, -0.05) is 18.2 Å². The Morgan fingerprint density at radius 3 is 2.38 bits per heavy atom. The van der Waals surface area contributed by atoms with Crippen molar-refractivity contribution in [3.63, 3.8) is 0 Å². The first-order chi connectivity index (χ1) is 12.5. The van der Waals surface area contributed by atoms with Gasteiger partial charge in [-0.15, -0.1) is 0 Å². The van der Waals surface area contributed by atoms with Gasteiger partial charge < -0.3 is 10.6 Å². The van der Waals surface area contributed by atoms with Gasteiger partial charge in [-0.25, -0.2) is 22.7 Å². The number of carbonyl (C=O) groups excluding carboxylic acids is 1. The Bertz CT molecular complexity index is 834. The Kier molecular flexibility index (Phi) is 5.79. The largest absolute Gasteiger partial charge is 0.351 e. The van der Waals surface area contributed by atoms with Crippen molar-refractivity contribution in [1.82, 2.24) is 19.6 Å². The molecule has 0 saturated carbocycles. The highest BCUT2D eigenvalue weighted by Gasteiger charge is 2.24. The summed E-state index contributed by atoms with van der Waals surface area (Å²) in [7, 11) is -3.30. The molecule has 2 aromatic rings. The number of hydrogen-bond acceptors (Lipinski definition) is 6. The van der Waals surface area contributed by atoms with Crippen LogP contribution in [-0.2, 0) is 10.0 Å². The molecule has 0 unspecified atom stereocenters. The minimum atomic E-state index is -3.30. The second-order valence-electron chi connectivity index (χ2n) is 5.96. The lowest BCUT2D eigenvalue weighted by atomic mass is 10.3. The number of hydrogen-bond donors (Lipinski definition) is 2. The standard InChI is InChI=1S/C17H21N5O3S/c23-16(18-8-11-26(24,25)22-9-4-5-10-22)14-12-19-17(20-13-14)21-15-6-2-1-3-7-15/h1-3,6-7,12-13H,4-5,8-11H2,(H,18,23)(H,19,20,21). The van der Waals surface area contributed by atoms with E-state index in [2.05, 4.69) is 20.6 Å². The highest BCUT2D eigenvalue weighted by Crippen LogP contribution is 2.13. The molecule has 1 saturated heterocycles. The van der Waals surface area contributed by atoms with Crippen LogP contribution in [0, 0.1) is 0 Å². The Balaban J connectivity index is 1.50. The van der Waals surface area contributed by atoms with Crippen LogP contribution in [0.4, 0.5) is 11.6 Å². The number of carbonyl (C=O) groups is 1. The second-order valence-corrected chi connectivity index (χ2v) is 8.05. The van der Waals surface area contributed by atoms with Crippen molar-refractivity contribution in [3.8, 4) is 0 Å². The lowest BCUT2D eigenvalue weighted by Gasteiger charge is -2.15. The summed E-state index contributed by atoms with van der Waals surface area (Å²) in [5.41, 5.74) is 1.12. The maximum absolute atomic E-state index is 12.1. The molecular weight excluding hydrogens is 354 g/mol.